The predicted octanol–water partition coefficient (Wildman–Crippen LogP) is 2.42. The zero-order valence-electron chi connectivity index (χ0n) is 10.4. The van der Waals surface area contributed by atoms with E-state index >= 15 is 0 Å². The Balaban J connectivity index is 2.02. The standard InChI is InChI=1S/C13H13ClN2O3/c1-18-12(17)5-4-9-8-15-11(16-13(9)14)7-10-3-2-6-19-10/h2-3,6,8H,4-5,7H2,1H3. The molecule has 0 aliphatic heterocycles. The van der Waals surface area contributed by atoms with E-state index in [-0.39, 0.29) is 12.4 Å². The summed E-state index contributed by atoms with van der Waals surface area (Å²) in [4.78, 5) is 19.5. The smallest absolute Gasteiger partial charge is 0.305 e. The van der Waals surface area contributed by atoms with Crippen molar-refractivity contribution in [3.8, 4) is 0 Å². The molecule has 0 bridgehead atoms. The van der Waals surface area contributed by atoms with Gasteiger partial charge >= 0.3 is 5.97 Å². The van der Waals surface area contributed by atoms with Crippen LogP contribution in [-0.2, 0) is 22.4 Å². The third-order valence-corrected chi connectivity index (χ3v) is 2.93. The molecule has 0 amide bonds. The Kier molecular flexibility index (Phi) is 4.52. The average Bonchev–Trinajstić information content (AvgIpc) is 2.90. The molecule has 0 radical (unpaired) electrons. The Morgan fingerprint density at radius 3 is 3.00 bits per heavy atom. The van der Waals surface area contributed by atoms with Crippen LogP contribution in [0.2, 0.25) is 5.15 Å². The molecular formula is C13H13ClN2O3. The van der Waals surface area contributed by atoms with Gasteiger partial charge in [-0.25, -0.2) is 9.97 Å². The molecule has 6 heteroatoms. The van der Waals surface area contributed by atoms with Gasteiger partial charge in [0.1, 0.15) is 16.7 Å². The zero-order valence-corrected chi connectivity index (χ0v) is 11.2. The molecule has 0 aromatic carbocycles. The van der Waals surface area contributed by atoms with Gasteiger partial charge in [0.15, 0.2) is 0 Å². The molecule has 2 rings (SSSR count). The van der Waals surface area contributed by atoms with Crippen molar-refractivity contribution in [3.63, 3.8) is 0 Å². The Morgan fingerprint density at radius 2 is 2.37 bits per heavy atom. The van der Waals surface area contributed by atoms with Gasteiger partial charge in [-0.2, -0.15) is 0 Å². The van der Waals surface area contributed by atoms with Crippen LogP contribution in [0.25, 0.3) is 0 Å². The third kappa shape index (κ3) is 3.79. The molecule has 0 aliphatic rings. The van der Waals surface area contributed by atoms with E-state index in [2.05, 4.69) is 14.7 Å². The maximum absolute atomic E-state index is 11.1. The molecular weight excluding hydrogens is 268 g/mol. The van der Waals surface area contributed by atoms with Gasteiger partial charge in [0, 0.05) is 18.2 Å². The van der Waals surface area contributed by atoms with Gasteiger partial charge < -0.3 is 9.15 Å². The van der Waals surface area contributed by atoms with Crippen molar-refractivity contribution in [2.24, 2.45) is 0 Å². The highest BCUT2D eigenvalue weighted by Gasteiger charge is 2.09. The zero-order chi connectivity index (χ0) is 13.7. The number of carbonyl (C=O) groups excluding carboxylic acids is 1. The lowest BCUT2D eigenvalue weighted by Gasteiger charge is -2.04. The van der Waals surface area contributed by atoms with E-state index in [1.54, 1.807) is 12.5 Å². The minimum Gasteiger partial charge on any atom is -0.469 e. The fourth-order valence-corrected chi connectivity index (χ4v) is 1.82. The molecule has 0 N–H and O–H groups in total. The summed E-state index contributed by atoms with van der Waals surface area (Å²) < 4.78 is 9.79. The van der Waals surface area contributed by atoms with E-state index in [1.807, 2.05) is 12.1 Å². The summed E-state index contributed by atoms with van der Waals surface area (Å²) in [5.41, 5.74) is 0.732. The van der Waals surface area contributed by atoms with Gasteiger partial charge in [0.25, 0.3) is 0 Å². The SMILES string of the molecule is COC(=O)CCc1cnc(Cc2ccco2)nc1Cl. The summed E-state index contributed by atoms with van der Waals surface area (Å²) in [6.07, 6.45) is 4.45. The Morgan fingerprint density at radius 1 is 1.53 bits per heavy atom. The lowest BCUT2D eigenvalue weighted by molar-refractivity contribution is -0.140. The quantitative estimate of drug-likeness (QED) is 0.622. The first-order valence-electron chi connectivity index (χ1n) is 5.78. The number of methoxy groups -OCH3 is 1. The van der Waals surface area contributed by atoms with Crippen molar-refractivity contribution >= 4 is 17.6 Å². The first-order valence-corrected chi connectivity index (χ1v) is 6.16. The molecule has 0 saturated carbocycles. The van der Waals surface area contributed by atoms with Crippen LogP contribution >= 0.6 is 11.6 Å². The summed E-state index contributed by atoms with van der Waals surface area (Å²) in [5, 5.41) is 0.362. The lowest BCUT2D eigenvalue weighted by atomic mass is 10.2. The minimum atomic E-state index is -0.282. The van der Waals surface area contributed by atoms with Gasteiger partial charge in [0.2, 0.25) is 0 Å². The van der Waals surface area contributed by atoms with Crippen molar-refractivity contribution < 1.29 is 13.9 Å². The monoisotopic (exact) mass is 280 g/mol. The van der Waals surface area contributed by atoms with Gasteiger partial charge in [-0.05, 0) is 18.6 Å². The highest BCUT2D eigenvalue weighted by Crippen LogP contribution is 2.16. The minimum absolute atomic E-state index is 0.261. The lowest BCUT2D eigenvalue weighted by Crippen LogP contribution is -2.04. The summed E-state index contributed by atoms with van der Waals surface area (Å²) >= 11 is 6.06. The predicted molar refractivity (Wildman–Crippen MR) is 68.9 cm³/mol. The molecule has 2 heterocycles. The molecule has 2 aromatic rings. The molecule has 0 fully saturated rings. The number of furan rings is 1. The Labute approximate surface area is 115 Å². The molecule has 19 heavy (non-hydrogen) atoms. The Bertz CT molecular complexity index is 555. The van der Waals surface area contributed by atoms with Crippen molar-refractivity contribution in [2.75, 3.05) is 7.11 Å². The summed E-state index contributed by atoms with van der Waals surface area (Å²) in [5.74, 6) is 1.08. The number of ether oxygens (including phenoxy) is 1. The van der Waals surface area contributed by atoms with Crippen molar-refractivity contribution in [3.05, 3.63) is 46.9 Å². The third-order valence-electron chi connectivity index (χ3n) is 2.60. The van der Waals surface area contributed by atoms with Crippen LogP contribution in [0.15, 0.2) is 29.0 Å². The number of carbonyl (C=O) groups is 1. The summed E-state index contributed by atoms with van der Waals surface area (Å²) in [7, 11) is 1.35. The molecule has 0 spiro atoms. The topological polar surface area (TPSA) is 65.2 Å². The van der Waals surface area contributed by atoms with E-state index in [0.29, 0.717) is 23.8 Å². The van der Waals surface area contributed by atoms with Crippen molar-refractivity contribution in [1.29, 1.82) is 0 Å². The first kappa shape index (κ1) is 13.5. The number of aryl methyl sites for hydroxylation is 1. The maximum atomic E-state index is 11.1. The van der Waals surface area contributed by atoms with Crippen LogP contribution in [-0.4, -0.2) is 23.0 Å². The molecule has 0 atom stereocenters. The van der Waals surface area contributed by atoms with E-state index in [9.17, 15) is 4.79 Å². The second-order valence-corrected chi connectivity index (χ2v) is 4.29. The van der Waals surface area contributed by atoms with Crippen LogP contribution in [0.1, 0.15) is 23.6 Å². The fraction of sp³-hybridized carbons (Fsp3) is 0.308. The molecule has 0 unspecified atom stereocenters. The number of aromatic nitrogens is 2. The number of esters is 1. The van der Waals surface area contributed by atoms with Crippen molar-refractivity contribution in [1.82, 2.24) is 9.97 Å². The largest absolute Gasteiger partial charge is 0.469 e. The van der Waals surface area contributed by atoms with Crippen LogP contribution in [0.5, 0.6) is 0 Å². The normalized spacial score (nSPS) is 10.4. The van der Waals surface area contributed by atoms with Crippen LogP contribution in [0.4, 0.5) is 0 Å². The Hall–Kier alpha value is -1.88. The molecule has 5 nitrogen and oxygen atoms in total. The highest BCUT2D eigenvalue weighted by atomic mass is 35.5. The summed E-state index contributed by atoms with van der Waals surface area (Å²) in [6.45, 7) is 0. The fourth-order valence-electron chi connectivity index (χ4n) is 1.58. The second kappa shape index (κ2) is 6.33. The molecule has 0 aliphatic carbocycles. The van der Waals surface area contributed by atoms with E-state index in [0.717, 1.165) is 11.3 Å². The van der Waals surface area contributed by atoms with Gasteiger partial charge in [-0.3, -0.25) is 4.79 Å². The molecule has 0 saturated heterocycles. The highest BCUT2D eigenvalue weighted by molar-refractivity contribution is 6.30. The molecule has 2 aromatic heterocycles. The van der Waals surface area contributed by atoms with E-state index in [4.69, 9.17) is 16.0 Å². The number of hydrogen-bond donors (Lipinski definition) is 0. The number of rotatable bonds is 5. The summed E-state index contributed by atoms with van der Waals surface area (Å²) in [6, 6.07) is 3.66. The van der Waals surface area contributed by atoms with Crippen LogP contribution < -0.4 is 0 Å². The first-order chi connectivity index (χ1) is 9.19. The second-order valence-electron chi connectivity index (χ2n) is 3.93. The average molecular weight is 281 g/mol. The van der Waals surface area contributed by atoms with Gasteiger partial charge in [0.05, 0.1) is 19.8 Å². The van der Waals surface area contributed by atoms with Gasteiger partial charge in [-0.15, -0.1) is 0 Å². The van der Waals surface area contributed by atoms with Crippen LogP contribution in [0.3, 0.4) is 0 Å². The van der Waals surface area contributed by atoms with Crippen molar-refractivity contribution in [2.45, 2.75) is 19.3 Å². The van der Waals surface area contributed by atoms with E-state index in [1.165, 1.54) is 7.11 Å². The van der Waals surface area contributed by atoms with Gasteiger partial charge in [-0.1, -0.05) is 11.6 Å². The number of halogens is 1. The number of hydrogen-bond acceptors (Lipinski definition) is 5. The van der Waals surface area contributed by atoms with E-state index < -0.39 is 0 Å². The van der Waals surface area contributed by atoms with Crippen LogP contribution in [0, 0.1) is 0 Å². The maximum Gasteiger partial charge on any atom is 0.305 e. The molecule has 100 valence electrons. The number of nitrogens with zero attached hydrogens (tertiary/aromatic N) is 2.